The Bertz CT molecular complexity index is 747. The second kappa shape index (κ2) is 9.33. The topological polar surface area (TPSA) is 54.5 Å². The Kier molecular flexibility index (Phi) is 6.85. The molecule has 0 saturated carbocycles. The minimum atomic E-state index is -0.0839. The van der Waals surface area contributed by atoms with E-state index < -0.39 is 0 Å². The number of amides is 1. The number of nitrogens with one attached hydrogen (secondary N) is 1. The van der Waals surface area contributed by atoms with Crippen molar-refractivity contribution in [3.8, 4) is 11.6 Å². The molecule has 1 amide bonds. The number of ether oxygens (including phenoxy) is 1. The van der Waals surface area contributed by atoms with Gasteiger partial charge >= 0.3 is 0 Å². The lowest BCUT2D eigenvalue weighted by molar-refractivity contribution is 0.0922. The van der Waals surface area contributed by atoms with Crippen molar-refractivity contribution in [3.63, 3.8) is 0 Å². The fourth-order valence-corrected chi connectivity index (χ4v) is 3.53. The highest BCUT2D eigenvalue weighted by molar-refractivity contribution is 9.10. The molecular weight excluding hydrogens is 406 g/mol. The van der Waals surface area contributed by atoms with Gasteiger partial charge in [0.05, 0.1) is 5.56 Å². The molecule has 27 heavy (non-hydrogen) atoms. The lowest BCUT2D eigenvalue weighted by Crippen LogP contribution is -2.43. The molecule has 2 heterocycles. The quantitative estimate of drug-likeness (QED) is 0.731. The lowest BCUT2D eigenvalue weighted by Gasteiger charge is -2.35. The average molecular weight is 432 g/mol. The second-order valence-corrected chi connectivity index (χ2v) is 8.16. The molecule has 0 spiro atoms. The van der Waals surface area contributed by atoms with Crippen LogP contribution >= 0.6 is 15.9 Å². The van der Waals surface area contributed by atoms with Crippen molar-refractivity contribution in [2.75, 3.05) is 19.6 Å². The maximum atomic E-state index is 12.4. The summed E-state index contributed by atoms with van der Waals surface area (Å²) in [5.74, 6) is 1.60. The van der Waals surface area contributed by atoms with E-state index >= 15 is 0 Å². The monoisotopic (exact) mass is 431 g/mol. The van der Waals surface area contributed by atoms with Crippen LogP contribution in [0.5, 0.6) is 11.6 Å². The van der Waals surface area contributed by atoms with E-state index in [-0.39, 0.29) is 5.91 Å². The van der Waals surface area contributed by atoms with Crippen molar-refractivity contribution in [2.24, 2.45) is 5.92 Å². The molecule has 5 nitrogen and oxygen atoms in total. The van der Waals surface area contributed by atoms with Crippen molar-refractivity contribution in [3.05, 3.63) is 52.6 Å². The Labute approximate surface area is 169 Å². The van der Waals surface area contributed by atoms with E-state index in [2.05, 4.69) is 45.0 Å². The first-order chi connectivity index (χ1) is 13.0. The Morgan fingerprint density at radius 2 is 2.07 bits per heavy atom. The van der Waals surface area contributed by atoms with E-state index in [1.54, 1.807) is 18.3 Å². The Balaban J connectivity index is 1.50. The highest BCUT2D eigenvalue weighted by Gasteiger charge is 2.22. The van der Waals surface area contributed by atoms with Gasteiger partial charge in [0.1, 0.15) is 5.75 Å². The van der Waals surface area contributed by atoms with Gasteiger partial charge in [-0.3, -0.25) is 4.79 Å². The van der Waals surface area contributed by atoms with Crippen LogP contribution < -0.4 is 10.1 Å². The third-order valence-electron chi connectivity index (χ3n) is 4.87. The molecule has 3 rings (SSSR count). The maximum Gasteiger partial charge on any atom is 0.252 e. The molecular formula is C21H26BrN3O2. The molecule has 2 aromatic rings. The van der Waals surface area contributed by atoms with Crippen LogP contribution in [-0.2, 0) is 0 Å². The maximum absolute atomic E-state index is 12.4. The van der Waals surface area contributed by atoms with Crippen molar-refractivity contribution < 1.29 is 9.53 Å². The molecule has 1 fully saturated rings. The van der Waals surface area contributed by atoms with E-state index in [1.165, 1.54) is 12.8 Å². The number of nitrogens with zero attached hydrogens (tertiary/aromatic N) is 2. The molecule has 1 unspecified atom stereocenters. The van der Waals surface area contributed by atoms with Crippen molar-refractivity contribution in [1.82, 2.24) is 15.2 Å². The molecule has 1 aliphatic heterocycles. The third-order valence-corrected chi connectivity index (χ3v) is 5.40. The second-order valence-electron chi connectivity index (χ2n) is 7.25. The zero-order chi connectivity index (χ0) is 19.2. The molecule has 1 aromatic carbocycles. The number of carbonyl (C=O) groups excluding carboxylic acids is 1. The summed E-state index contributed by atoms with van der Waals surface area (Å²) in [6, 6.07) is 11.6. The number of pyridine rings is 1. The number of likely N-dealkylation sites (tertiary alicyclic amines) is 1. The van der Waals surface area contributed by atoms with Gasteiger partial charge in [0, 0.05) is 35.9 Å². The Morgan fingerprint density at radius 1 is 1.30 bits per heavy atom. The standard InChI is InChI=1S/C21H26BrN3O2/c1-15(2)25-11-3-4-16(14-25)12-24-21(26)17-5-10-20(23-13-17)27-19-8-6-18(22)7-9-19/h5-10,13,15-16H,3-4,11-12,14H2,1-2H3,(H,24,26). The van der Waals surface area contributed by atoms with Crippen LogP contribution in [0.3, 0.4) is 0 Å². The summed E-state index contributed by atoms with van der Waals surface area (Å²) >= 11 is 3.39. The number of aromatic nitrogens is 1. The normalized spacial score (nSPS) is 17.7. The van der Waals surface area contributed by atoms with Crippen molar-refractivity contribution in [1.29, 1.82) is 0 Å². The SMILES string of the molecule is CC(C)N1CCCC(CNC(=O)c2ccc(Oc3ccc(Br)cc3)nc2)C1. The zero-order valence-corrected chi connectivity index (χ0v) is 17.4. The van der Waals surface area contributed by atoms with E-state index in [9.17, 15) is 4.79 Å². The first-order valence-electron chi connectivity index (χ1n) is 9.43. The van der Waals surface area contributed by atoms with Gasteiger partial charge in [0.2, 0.25) is 5.88 Å². The van der Waals surface area contributed by atoms with Crippen molar-refractivity contribution >= 4 is 21.8 Å². The van der Waals surface area contributed by atoms with Crippen LogP contribution in [0.4, 0.5) is 0 Å². The molecule has 1 saturated heterocycles. The van der Waals surface area contributed by atoms with Crippen LogP contribution in [0.25, 0.3) is 0 Å². The average Bonchev–Trinajstić information content (AvgIpc) is 2.68. The molecule has 1 aromatic heterocycles. The van der Waals surface area contributed by atoms with Crippen LogP contribution in [0.2, 0.25) is 0 Å². The summed E-state index contributed by atoms with van der Waals surface area (Å²) in [6.45, 7) is 7.37. The number of hydrogen-bond donors (Lipinski definition) is 1. The van der Waals surface area contributed by atoms with Gasteiger partial charge in [0.25, 0.3) is 5.91 Å². The number of carbonyl (C=O) groups is 1. The first-order valence-corrected chi connectivity index (χ1v) is 10.2. The molecule has 1 atom stereocenters. The van der Waals surface area contributed by atoms with Crippen LogP contribution in [0.1, 0.15) is 37.0 Å². The minimum Gasteiger partial charge on any atom is -0.439 e. The van der Waals surface area contributed by atoms with E-state index in [0.717, 1.165) is 17.6 Å². The molecule has 0 bridgehead atoms. The zero-order valence-electron chi connectivity index (χ0n) is 15.8. The lowest BCUT2D eigenvalue weighted by atomic mass is 9.97. The molecule has 1 N–H and O–H groups in total. The van der Waals surface area contributed by atoms with E-state index in [1.807, 2.05) is 24.3 Å². The predicted molar refractivity (Wildman–Crippen MR) is 110 cm³/mol. The van der Waals surface area contributed by atoms with Gasteiger partial charge < -0.3 is 15.0 Å². The highest BCUT2D eigenvalue weighted by atomic mass is 79.9. The smallest absolute Gasteiger partial charge is 0.252 e. The predicted octanol–water partition coefficient (Wildman–Crippen LogP) is 4.49. The van der Waals surface area contributed by atoms with Gasteiger partial charge in [0.15, 0.2) is 0 Å². The van der Waals surface area contributed by atoms with Gasteiger partial charge in [-0.15, -0.1) is 0 Å². The largest absolute Gasteiger partial charge is 0.439 e. The van der Waals surface area contributed by atoms with Gasteiger partial charge in [-0.2, -0.15) is 0 Å². The summed E-state index contributed by atoms with van der Waals surface area (Å²) in [5, 5.41) is 3.05. The van der Waals surface area contributed by atoms with Gasteiger partial charge in [-0.1, -0.05) is 15.9 Å². The molecule has 6 heteroatoms. The molecule has 1 aliphatic rings. The summed E-state index contributed by atoms with van der Waals surface area (Å²) in [7, 11) is 0. The van der Waals surface area contributed by atoms with Gasteiger partial charge in [-0.05, 0) is 69.5 Å². The first kappa shape index (κ1) is 19.8. The minimum absolute atomic E-state index is 0.0839. The number of halogens is 1. The van der Waals surface area contributed by atoms with Gasteiger partial charge in [-0.25, -0.2) is 4.98 Å². The summed E-state index contributed by atoms with van der Waals surface area (Å²) in [6.07, 6.45) is 3.93. The third kappa shape index (κ3) is 5.78. The number of piperidine rings is 1. The summed E-state index contributed by atoms with van der Waals surface area (Å²) < 4.78 is 6.68. The fraction of sp³-hybridized carbons (Fsp3) is 0.429. The Hall–Kier alpha value is -1.92. The number of hydrogen-bond acceptors (Lipinski definition) is 4. The summed E-state index contributed by atoms with van der Waals surface area (Å²) in [4.78, 5) is 19.1. The molecule has 0 aliphatic carbocycles. The van der Waals surface area contributed by atoms with Crippen LogP contribution in [-0.4, -0.2) is 41.5 Å². The van der Waals surface area contributed by atoms with Crippen LogP contribution in [0, 0.1) is 5.92 Å². The van der Waals surface area contributed by atoms with Crippen molar-refractivity contribution in [2.45, 2.75) is 32.7 Å². The Morgan fingerprint density at radius 3 is 2.74 bits per heavy atom. The van der Waals surface area contributed by atoms with E-state index in [0.29, 0.717) is 35.7 Å². The molecule has 144 valence electrons. The van der Waals surface area contributed by atoms with Crippen LogP contribution in [0.15, 0.2) is 47.1 Å². The number of benzene rings is 1. The fourth-order valence-electron chi connectivity index (χ4n) is 3.27. The van der Waals surface area contributed by atoms with E-state index in [4.69, 9.17) is 4.74 Å². The summed E-state index contributed by atoms with van der Waals surface area (Å²) in [5.41, 5.74) is 0.551. The number of rotatable bonds is 6. The molecule has 0 radical (unpaired) electrons. The highest BCUT2D eigenvalue weighted by Crippen LogP contribution is 2.22.